The molecule has 20 heavy (non-hydrogen) atoms. The molecule has 100 valence electrons. The van der Waals surface area contributed by atoms with E-state index in [0.29, 0.717) is 5.56 Å². The molecule has 0 bridgehead atoms. The molecule has 0 saturated carbocycles. The average molecular weight is 271 g/mol. The summed E-state index contributed by atoms with van der Waals surface area (Å²) in [5, 5.41) is 8.74. The largest absolute Gasteiger partial charge is 0.454 e. The molecule has 0 atom stereocenters. The summed E-state index contributed by atoms with van der Waals surface area (Å²) in [6, 6.07) is 10.2. The van der Waals surface area contributed by atoms with Gasteiger partial charge in [0.05, 0.1) is 17.3 Å². The minimum Gasteiger partial charge on any atom is -0.454 e. The summed E-state index contributed by atoms with van der Waals surface area (Å²) in [5.74, 6) is -1.54. The lowest BCUT2D eigenvalue weighted by molar-refractivity contribution is 0.0994. The number of nitriles is 1. The van der Waals surface area contributed by atoms with Gasteiger partial charge in [-0.3, -0.25) is 4.79 Å². The van der Waals surface area contributed by atoms with Crippen LogP contribution in [0.15, 0.2) is 36.4 Å². The lowest BCUT2D eigenvalue weighted by Crippen LogP contribution is -2.14. The third kappa shape index (κ3) is 2.52. The maximum atomic E-state index is 13.6. The van der Waals surface area contributed by atoms with Crippen LogP contribution < -0.4 is 16.2 Å². The molecule has 1 amide bonds. The van der Waals surface area contributed by atoms with Crippen molar-refractivity contribution in [3.8, 4) is 17.6 Å². The SMILES string of the molecule is N#Cc1ccc(Oc2cccc(F)c2C(N)=O)c(N)c1. The van der Waals surface area contributed by atoms with Gasteiger partial charge in [-0.05, 0) is 30.3 Å². The number of ether oxygens (including phenoxy) is 1. The highest BCUT2D eigenvalue weighted by Gasteiger charge is 2.16. The van der Waals surface area contributed by atoms with Crippen LogP contribution in [0.25, 0.3) is 0 Å². The van der Waals surface area contributed by atoms with Crippen molar-refractivity contribution in [2.75, 3.05) is 5.73 Å². The van der Waals surface area contributed by atoms with Gasteiger partial charge in [-0.2, -0.15) is 5.26 Å². The normalized spacial score (nSPS) is 9.80. The van der Waals surface area contributed by atoms with Crippen LogP contribution in [0.5, 0.6) is 11.5 Å². The Morgan fingerprint density at radius 2 is 2.00 bits per heavy atom. The van der Waals surface area contributed by atoms with Gasteiger partial charge in [0.15, 0.2) is 0 Å². The maximum Gasteiger partial charge on any atom is 0.255 e. The van der Waals surface area contributed by atoms with E-state index < -0.39 is 11.7 Å². The molecule has 5 nitrogen and oxygen atoms in total. The second-order valence-corrected chi connectivity index (χ2v) is 3.94. The highest BCUT2D eigenvalue weighted by atomic mass is 19.1. The van der Waals surface area contributed by atoms with E-state index in [-0.39, 0.29) is 22.7 Å². The van der Waals surface area contributed by atoms with E-state index >= 15 is 0 Å². The Morgan fingerprint density at radius 3 is 2.60 bits per heavy atom. The molecule has 0 aliphatic heterocycles. The fourth-order valence-electron chi connectivity index (χ4n) is 1.66. The summed E-state index contributed by atoms with van der Waals surface area (Å²) in [7, 11) is 0. The molecule has 0 unspecified atom stereocenters. The molecule has 0 aromatic heterocycles. The number of benzene rings is 2. The topological polar surface area (TPSA) is 102 Å². The summed E-state index contributed by atoms with van der Waals surface area (Å²) in [6.45, 7) is 0. The van der Waals surface area contributed by atoms with Crippen molar-refractivity contribution < 1.29 is 13.9 Å². The van der Waals surface area contributed by atoms with Gasteiger partial charge in [0, 0.05) is 0 Å². The van der Waals surface area contributed by atoms with Gasteiger partial charge in [0.25, 0.3) is 5.91 Å². The second kappa shape index (κ2) is 5.28. The Morgan fingerprint density at radius 1 is 1.25 bits per heavy atom. The van der Waals surface area contributed by atoms with Gasteiger partial charge >= 0.3 is 0 Å². The Kier molecular flexibility index (Phi) is 3.53. The van der Waals surface area contributed by atoms with Crippen molar-refractivity contribution in [2.45, 2.75) is 0 Å². The summed E-state index contributed by atoms with van der Waals surface area (Å²) in [6.07, 6.45) is 0. The molecule has 0 fully saturated rings. The molecule has 2 aromatic rings. The average Bonchev–Trinajstić information content (AvgIpc) is 2.40. The number of rotatable bonds is 3. The molecule has 0 aliphatic carbocycles. The summed E-state index contributed by atoms with van der Waals surface area (Å²) >= 11 is 0. The molecule has 0 aliphatic rings. The first-order valence-electron chi connectivity index (χ1n) is 5.58. The van der Waals surface area contributed by atoms with Crippen LogP contribution in [0.2, 0.25) is 0 Å². The monoisotopic (exact) mass is 271 g/mol. The zero-order valence-corrected chi connectivity index (χ0v) is 10.3. The summed E-state index contributed by atoms with van der Waals surface area (Å²) in [5.41, 5.74) is 11.1. The van der Waals surface area contributed by atoms with Crippen molar-refractivity contribution in [1.29, 1.82) is 5.26 Å². The predicted molar refractivity (Wildman–Crippen MR) is 70.6 cm³/mol. The fourth-order valence-corrected chi connectivity index (χ4v) is 1.66. The molecular weight excluding hydrogens is 261 g/mol. The standard InChI is InChI=1S/C14H10FN3O2/c15-9-2-1-3-12(13(9)14(18)19)20-11-5-4-8(7-16)6-10(11)17/h1-6H,17H2,(H2,18,19). The van der Waals surface area contributed by atoms with Gasteiger partial charge in [-0.25, -0.2) is 4.39 Å². The third-order valence-corrected chi connectivity index (χ3v) is 2.58. The fraction of sp³-hybridized carbons (Fsp3) is 0. The molecule has 0 saturated heterocycles. The Labute approximate surface area is 114 Å². The molecule has 0 radical (unpaired) electrons. The van der Waals surface area contributed by atoms with E-state index in [9.17, 15) is 9.18 Å². The zero-order chi connectivity index (χ0) is 14.7. The van der Waals surface area contributed by atoms with E-state index in [1.54, 1.807) is 0 Å². The van der Waals surface area contributed by atoms with Crippen LogP contribution in [0.1, 0.15) is 15.9 Å². The quantitative estimate of drug-likeness (QED) is 0.835. The number of amides is 1. The number of halogens is 1. The summed E-state index contributed by atoms with van der Waals surface area (Å²) < 4.78 is 19.0. The van der Waals surface area contributed by atoms with E-state index in [1.165, 1.54) is 30.3 Å². The van der Waals surface area contributed by atoms with Gasteiger partial charge in [0.1, 0.15) is 22.9 Å². The first-order valence-corrected chi connectivity index (χ1v) is 5.58. The minimum atomic E-state index is -0.940. The number of nitrogen functional groups attached to an aromatic ring is 1. The number of nitrogens with two attached hydrogens (primary N) is 2. The van der Waals surface area contributed by atoms with Gasteiger partial charge in [-0.1, -0.05) is 6.07 Å². The second-order valence-electron chi connectivity index (χ2n) is 3.94. The summed E-state index contributed by atoms with van der Waals surface area (Å²) in [4.78, 5) is 11.2. The number of carbonyl (C=O) groups excluding carboxylic acids is 1. The number of carbonyl (C=O) groups is 1. The van der Waals surface area contributed by atoms with Gasteiger partial charge in [0.2, 0.25) is 0 Å². The lowest BCUT2D eigenvalue weighted by Gasteiger charge is -2.11. The van der Waals surface area contributed by atoms with E-state index in [0.717, 1.165) is 6.07 Å². The molecular formula is C14H10FN3O2. The Balaban J connectivity index is 2.43. The van der Waals surface area contributed by atoms with E-state index in [2.05, 4.69) is 0 Å². The molecule has 0 spiro atoms. The van der Waals surface area contributed by atoms with Crippen LogP contribution in [-0.4, -0.2) is 5.91 Å². The smallest absolute Gasteiger partial charge is 0.255 e. The highest BCUT2D eigenvalue weighted by molar-refractivity contribution is 5.96. The molecule has 2 rings (SSSR count). The predicted octanol–water partition coefficient (Wildman–Crippen LogP) is 2.17. The Bertz CT molecular complexity index is 723. The highest BCUT2D eigenvalue weighted by Crippen LogP contribution is 2.31. The van der Waals surface area contributed by atoms with Crippen LogP contribution >= 0.6 is 0 Å². The van der Waals surface area contributed by atoms with Crippen LogP contribution in [-0.2, 0) is 0 Å². The zero-order valence-electron chi connectivity index (χ0n) is 10.3. The van der Waals surface area contributed by atoms with Gasteiger partial charge in [-0.15, -0.1) is 0 Å². The minimum absolute atomic E-state index is 0.0334. The van der Waals surface area contributed by atoms with E-state index in [4.69, 9.17) is 21.5 Å². The van der Waals surface area contributed by atoms with Crippen LogP contribution in [0, 0.1) is 17.1 Å². The number of hydrogen-bond acceptors (Lipinski definition) is 4. The first-order chi connectivity index (χ1) is 9.52. The Hall–Kier alpha value is -3.07. The van der Waals surface area contributed by atoms with E-state index in [1.807, 2.05) is 6.07 Å². The number of anilines is 1. The number of hydrogen-bond donors (Lipinski definition) is 2. The third-order valence-electron chi connectivity index (χ3n) is 2.58. The molecule has 6 heteroatoms. The van der Waals surface area contributed by atoms with Crippen molar-refractivity contribution in [3.05, 3.63) is 53.3 Å². The van der Waals surface area contributed by atoms with Crippen LogP contribution in [0.3, 0.4) is 0 Å². The maximum absolute atomic E-state index is 13.6. The number of primary amides is 1. The molecule has 4 N–H and O–H groups in total. The van der Waals surface area contributed by atoms with Gasteiger partial charge < -0.3 is 16.2 Å². The lowest BCUT2D eigenvalue weighted by atomic mass is 10.1. The molecule has 0 heterocycles. The van der Waals surface area contributed by atoms with Crippen molar-refractivity contribution in [3.63, 3.8) is 0 Å². The van der Waals surface area contributed by atoms with Crippen molar-refractivity contribution in [1.82, 2.24) is 0 Å². The molecule has 2 aromatic carbocycles. The van der Waals surface area contributed by atoms with Crippen molar-refractivity contribution >= 4 is 11.6 Å². The van der Waals surface area contributed by atoms with Crippen molar-refractivity contribution in [2.24, 2.45) is 5.73 Å². The number of nitrogens with zero attached hydrogens (tertiary/aromatic N) is 1. The van der Waals surface area contributed by atoms with Crippen LogP contribution in [0.4, 0.5) is 10.1 Å². The first kappa shape index (κ1) is 13.4.